The van der Waals surface area contributed by atoms with Gasteiger partial charge in [-0.15, -0.1) is 0 Å². The molecule has 0 aliphatic heterocycles. The van der Waals surface area contributed by atoms with Crippen molar-refractivity contribution >= 4 is 11.9 Å². The van der Waals surface area contributed by atoms with E-state index in [4.69, 9.17) is 4.74 Å². The minimum absolute atomic E-state index is 0.0178. The molecule has 0 saturated heterocycles. The lowest BCUT2D eigenvalue weighted by Gasteiger charge is -2.13. The molecular formula is C19H18F3N3O3. The van der Waals surface area contributed by atoms with Gasteiger partial charge < -0.3 is 9.84 Å². The van der Waals surface area contributed by atoms with Gasteiger partial charge in [0.1, 0.15) is 11.6 Å². The van der Waals surface area contributed by atoms with E-state index in [0.717, 1.165) is 22.9 Å². The number of alkyl halides is 3. The monoisotopic (exact) mass is 393 g/mol. The summed E-state index contributed by atoms with van der Waals surface area (Å²) < 4.78 is 44.4. The van der Waals surface area contributed by atoms with E-state index >= 15 is 0 Å². The van der Waals surface area contributed by atoms with Gasteiger partial charge in [0.2, 0.25) is 5.88 Å². The number of hydrogen-bond donors (Lipinski definition) is 1. The van der Waals surface area contributed by atoms with Crippen molar-refractivity contribution in [3.63, 3.8) is 0 Å². The van der Waals surface area contributed by atoms with Crippen LogP contribution in [-0.4, -0.2) is 29.6 Å². The number of rotatable bonds is 6. The SMILES string of the molecule is COCCCn1c(O)c(C=Nc2cccc(C(F)(F)F)c2)c(C)c(C#N)c1=O. The highest BCUT2D eigenvalue weighted by Crippen LogP contribution is 2.31. The average molecular weight is 393 g/mol. The second kappa shape index (κ2) is 8.71. The van der Waals surface area contributed by atoms with Crippen molar-refractivity contribution in [2.75, 3.05) is 13.7 Å². The van der Waals surface area contributed by atoms with Gasteiger partial charge >= 0.3 is 6.18 Å². The standard InChI is InChI=1S/C19H18F3N3O3/c1-12-15(10-23)17(26)25(7-4-8-28-2)18(27)16(12)11-24-14-6-3-5-13(9-14)19(20,21)22/h3,5-6,9,11,27H,4,7-8H2,1-2H3. The molecule has 0 aliphatic carbocycles. The molecule has 0 radical (unpaired) electrons. The zero-order valence-corrected chi connectivity index (χ0v) is 15.2. The number of aromatic nitrogens is 1. The predicted molar refractivity (Wildman–Crippen MR) is 97.0 cm³/mol. The number of nitrogens with zero attached hydrogens (tertiary/aromatic N) is 3. The number of benzene rings is 1. The molecule has 0 fully saturated rings. The van der Waals surface area contributed by atoms with Gasteiger partial charge in [-0.05, 0) is 37.1 Å². The second-order valence-electron chi connectivity index (χ2n) is 5.96. The predicted octanol–water partition coefficient (Wildman–Crippen LogP) is 3.54. The summed E-state index contributed by atoms with van der Waals surface area (Å²) in [5, 5.41) is 19.8. The first-order valence-corrected chi connectivity index (χ1v) is 8.27. The van der Waals surface area contributed by atoms with Crippen molar-refractivity contribution in [2.24, 2.45) is 4.99 Å². The van der Waals surface area contributed by atoms with Crippen LogP contribution in [0.2, 0.25) is 0 Å². The van der Waals surface area contributed by atoms with Crippen molar-refractivity contribution in [3.8, 4) is 11.9 Å². The molecule has 0 atom stereocenters. The average Bonchev–Trinajstić information content (AvgIpc) is 2.64. The number of nitriles is 1. The van der Waals surface area contributed by atoms with Gasteiger partial charge in [-0.2, -0.15) is 18.4 Å². The number of halogens is 3. The lowest BCUT2D eigenvalue weighted by atomic mass is 10.1. The van der Waals surface area contributed by atoms with Gasteiger partial charge in [0.15, 0.2) is 0 Å². The fraction of sp³-hybridized carbons (Fsp3) is 0.316. The van der Waals surface area contributed by atoms with Gasteiger partial charge in [0.25, 0.3) is 5.56 Å². The summed E-state index contributed by atoms with van der Waals surface area (Å²) in [4.78, 5) is 16.4. The molecule has 0 spiro atoms. The molecule has 0 amide bonds. The van der Waals surface area contributed by atoms with Crippen molar-refractivity contribution in [1.29, 1.82) is 5.26 Å². The molecule has 2 aromatic rings. The number of ether oxygens (including phenoxy) is 1. The molecule has 1 aromatic carbocycles. The Morgan fingerprint density at radius 3 is 2.71 bits per heavy atom. The van der Waals surface area contributed by atoms with Crippen LogP contribution in [0.1, 0.15) is 28.7 Å². The molecule has 2 rings (SSSR count). The summed E-state index contributed by atoms with van der Waals surface area (Å²) in [6.07, 6.45) is -2.94. The van der Waals surface area contributed by atoms with E-state index in [0.29, 0.717) is 13.0 Å². The van der Waals surface area contributed by atoms with Gasteiger partial charge in [0, 0.05) is 26.5 Å². The summed E-state index contributed by atoms with van der Waals surface area (Å²) in [5.41, 5.74) is -1.37. The Morgan fingerprint density at radius 1 is 1.39 bits per heavy atom. The third-order valence-corrected chi connectivity index (χ3v) is 4.09. The summed E-state index contributed by atoms with van der Waals surface area (Å²) >= 11 is 0. The van der Waals surface area contributed by atoms with Gasteiger partial charge in [0.05, 0.1) is 16.8 Å². The Bertz CT molecular complexity index is 989. The van der Waals surface area contributed by atoms with Gasteiger partial charge in [-0.25, -0.2) is 0 Å². The highest BCUT2D eigenvalue weighted by molar-refractivity contribution is 5.87. The maximum absolute atomic E-state index is 12.8. The van der Waals surface area contributed by atoms with Crippen LogP contribution in [0.4, 0.5) is 18.9 Å². The second-order valence-corrected chi connectivity index (χ2v) is 5.96. The number of aliphatic imine (C=N–C) groups is 1. The number of hydrogen-bond acceptors (Lipinski definition) is 5. The van der Waals surface area contributed by atoms with Crippen molar-refractivity contribution in [3.05, 3.63) is 56.9 Å². The fourth-order valence-corrected chi connectivity index (χ4v) is 2.60. The van der Waals surface area contributed by atoms with Crippen molar-refractivity contribution in [2.45, 2.75) is 26.1 Å². The van der Waals surface area contributed by atoms with Crippen molar-refractivity contribution in [1.82, 2.24) is 4.57 Å². The normalized spacial score (nSPS) is 11.7. The Kier molecular flexibility index (Phi) is 6.59. The molecule has 0 unspecified atom stereocenters. The highest BCUT2D eigenvalue weighted by atomic mass is 19.4. The van der Waals surface area contributed by atoms with E-state index in [-0.39, 0.29) is 28.9 Å². The zero-order chi connectivity index (χ0) is 20.9. The number of pyridine rings is 1. The van der Waals surface area contributed by atoms with E-state index in [1.165, 1.54) is 26.2 Å². The Balaban J connectivity index is 2.51. The minimum Gasteiger partial charge on any atom is -0.494 e. The Morgan fingerprint density at radius 2 is 2.11 bits per heavy atom. The van der Waals surface area contributed by atoms with Gasteiger partial charge in [-0.3, -0.25) is 14.4 Å². The van der Waals surface area contributed by atoms with E-state index in [9.17, 15) is 28.3 Å². The molecule has 1 aromatic heterocycles. The maximum atomic E-state index is 12.8. The van der Waals surface area contributed by atoms with Crippen LogP contribution in [0.25, 0.3) is 0 Å². The molecule has 0 aliphatic rings. The molecule has 6 nitrogen and oxygen atoms in total. The Labute approximate surface area is 159 Å². The van der Waals surface area contributed by atoms with Crippen molar-refractivity contribution < 1.29 is 23.0 Å². The maximum Gasteiger partial charge on any atom is 0.416 e. The molecule has 1 heterocycles. The Hall–Kier alpha value is -3.12. The van der Waals surface area contributed by atoms with E-state index in [1.807, 2.05) is 0 Å². The van der Waals surface area contributed by atoms with Crippen LogP contribution >= 0.6 is 0 Å². The minimum atomic E-state index is -4.51. The summed E-state index contributed by atoms with van der Waals surface area (Å²) in [5.74, 6) is -0.409. The largest absolute Gasteiger partial charge is 0.494 e. The molecule has 1 N–H and O–H groups in total. The molecule has 0 saturated carbocycles. The van der Waals surface area contributed by atoms with Crippen LogP contribution in [-0.2, 0) is 17.5 Å². The smallest absolute Gasteiger partial charge is 0.416 e. The lowest BCUT2D eigenvalue weighted by molar-refractivity contribution is -0.137. The van der Waals surface area contributed by atoms with E-state index in [1.54, 1.807) is 6.07 Å². The zero-order valence-electron chi connectivity index (χ0n) is 15.2. The topological polar surface area (TPSA) is 87.6 Å². The van der Waals surface area contributed by atoms with Crippen LogP contribution in [0.15, 0.2) is 34.1 Å². The first-order valence-electron chi connectivity index (χ1n) is 8.27. The van der Waals surface area contributed by atoms with Gasteiger partial charge in [-0.1, -0.05) is 6.07 Å². The first kappa shape index (κ1) is 21.2. The third kappa shape index (κ3) is 4.58. The quantitative estimate of drug-likeness (QED) is 0.601. The molecule has 9 heteroatoms. The summed E-state index contributed by atoms with van der Waals surface area (Å²) in [7, 11) is 1.49. The first-order chi connectivity index (χ1) is 13.2. The molecule has 148 valence electrons. The lowest BCUT2D eigenvalue weighted by Crippen LogP contribution is -2.26. The number of methoxy groups -OCH3 is 1. The van der Waals surface area contributed by atoms with Crippen LogP contribution in [0.3, 0.4) is 0 Å². The fourth-order valence-electron chi connectivity index (χ4n) is 2.60. The summed E-state index contributed by atoms with van der Waals surface area (Å²) in [6.45, 7) is 1.92. The summed E-state index contributed by atoms with van der Waals surface area (Å²) in [6, 6.07) is 6.18. The van der Waals surface area contributed by atoms with Crippen LogP contribution in [0, 0.1) is 18.3 Å². The highest BCUT2D eigenvalue weighted by Gasteiger charge is 2.30. The third-order valence-electron chi connectivity index (χ3n) is 4.09. The number of aromatic hydroxyl groups is 1. The molecular weight excluding hydrogens is 375 g/mol. The van der Waals surface area contributed by atoms with Crippen LogP contribution < -0.4 is 5.56 Å². The van der Waals surface area contributed by atoms with E-state index in [2.05, 4.69) is 4.99 Å². The molecule has 0 bridgehead atoms. The van der Waals surface area contributed by atoms with E-state index < -0.39 is 23.2 Å². The van der Waals surface area contributed by atoms with Crippen LogP contribution in [0.5, 0.6) is 5.88 Å². The molecule has 28 heavy (non-hydrogen) atoms.